The molecule has 2 unspecified atom stereocenters. The molecule has 0 bridgehead atoms. The molecule has 1 fully saturated rings. The average molecular weight is 158 g/mol. The van der Waals surface area contributed by atoms with Crippen molar-refractivity contribution >= 4 is 5.91 Å². The van der Waals surface area contributed by atoms with Gasteiger partial charge in [0.15, 0.2) is 0 Å². The van der Waals surface area contributed by atoms with Gasteiger partial charge < -0.3 is 15.8 Å². The van der Waals surface area contributed by atoms with Gasteiger partial charge in [-0.1, -0.05) is 6.92 Å². The van der Waals surface area contributed by atoms with Crippen LogP contribution < -0.4 is 11.1 Å². The number of primary amides is 1. The number of morpholine rings is 1. The zero-order valence-corrected chi connectivity index (χ0v) is 6.67. The van der Waals surface area contributed by atoms with Crippen molar-refractivity contribution in [2.45, 2.75) is 25.5 Å². The molecule has 0 aromatic carbocycles. The van der Waals surface area contributed by atoms with Gasteiger partial charge in [-0.2, -0.15) is 0 Å². The van der Waals surface area contributed by atoms with Crippen LogP contribution in [0.3, 0.4) is 0 Å². The predicted octanol–water partition coefficient (Wildman–Crippen LogP) is -0.761. The molecule has 0 aliphatic carbocycles. The van der Waals surface area contributed by atoms with Gasteiger partial charge in [-0.15, -0.1) is 0 Å². The smallest absolute Gasteiger partial charge is 0.237 e. The normalized spacial score (nSPS) is 31.7. The van der Waals surface area contributed by atoms with Gasteiger partial charge in [0.25, 0.3) is 0 Å². The van der Waals surface area contributed by atoms with Crippen LogP contribution in [-0.4, -0.2) is 31.2 Å². The topological polar surface area (TPSA) is 64.3 Å². The first-order valence-corrected chi connectivity index (χ1v) is 3.90. The summed E-state index contributed by atoms with van der Waals surface area (Å²) in [5.41, 5.74) is 5.15. The van der Waals surface area contributed by atoms with E-state index in [1.165, 1.54) is 0 Å². The monoisotopic (exact) mass is 158 g/mol. The Kier molecular flexibility index (Phi) is 2.84. The predicted molar refractivity (Wildman–Crippen MR) is 41.0 cm³/mol. The molecule has 0 spiro atoms. The van der Waals surface area contributed by atoms with Crippen molar-refractivity contribution in [3.05, 3.63) is 0 Å². The lowest BCUT2D eigenvalue weighted by atomic mass is 10.1. The van der Waals surface area contributed by atoms with Crippen LogP contribution in [0.25, 0.3) is 0 Å². The highest BCUT2D eigenvalue weighted by molar-refractivity contribution is 5.80. The van der Waals surface area contributed by atoms with Gasteiger partial charge >= 0.3 is 0 Å². The Labute approximate surface area is 66.1 Å². The number of hydrogen-bond donors (Lipinski definition) is 2. The fourth-order valence-electron chi connectivity index (χ4n) is 1.29. The van der Waals surface area contributed by atoms with Crippen molar-refractivity contribution in [2.75, 3.05) is 13.2 Å². The van der Waals surface area contributed by atoms with E-state index in [9.17, 15) is 4.79 Å². The van der Waals surface area contributed by atoms with Crippen LogP contribution in [0.5, 0.6) is 0 Å². The fraction of sp³-hybridized carbons (Fsp3) is 0.857. The zero-order valence-electron chi connectivity index (χ0n) is 6.67. The van der Waals surface area contributed by atoms with Gasteiger partial charge in [0, 0.05) is 6.54 Å². The molecule has 1 aliphatic heterocycles. The summed E-state index contributed by atoms with van der Waals surface area (Å²) in [5.74, 6) is -0.323. The Morgan fingerprint density at radius 3 is 3.00 bits per heavy atom. The average Bonchev–Trinajstić information content (AvgIpc) is 2.04. The number of ether oxygens (including phenoxy) is 1. The van der Waals surface area contributed by atoms with Crippen LogP contribution >= 0.6 is 0 Å². The molecule has 11 heavy (non-hydrogen) atoms. The second-order valence-electron chi connectivity index (χ2n) is 2.65. The van der Waals surface area contributed by atoms with E-state index in [0.717, 1.165) is 6.42 Å². The summed E-state index contributed by atoms with van der Waals surface area (Å²) in [4.78, 5) is 10.8. The standard InChI is InChI=1S/C7H14N2O2/c1-2-5-6(7(8)10)9-3-4-11-5/h5-6,9H,2-4H2,1H3,(H2,8,10). The van der Waals surface area contributed by atoms with Gasteiger partial charge in [-0.05, 0) is 6.42 Å². The number of amides is 1. The Balaban J connectivity index is 2.51. The van der Waals surface area contributed by atoms with E-state index in [1.807, 2.05) is 6.92 Å². The van der Waals surface area contributed by atoms with E-state index in [2.05, 4.69) is 5.32 Å². The zero-order chi connectivity index (χ0) is 8.27. The molecule has 4 heteroatoms. The molecule has 1 amide bonds. The van der Waals surface area contributed by atoms with Gasteiger partial charge in [-0.25, -0.2) is 0 Å². The van der Waals surface area contributed by atoms with Crippen LogP contribution in [0.15, 0.2) is 0 Å². The van der Waals surface area contributed by atoms with Crippen LogP contribution in [0.4, 0.5) is 0 Å². The molecule has 1 saturated heterocycles. The number of nitrogens with one attached hydrogen (secondary N) is 1. The number of nitrogens with two attached hydrogens (primary N) is 1. The van der Waals surface area contributed by atoms with Crippen LogP contribution in [0, 0.1) is 0 Å². The molecule has 0 saturated carbocycles. The van der Waals surface area contributed by atoms with E-state index >= 15 is 0 Å². The molecule has 0 aromatic heterocycles. The quantitative estimate of drug-likeness (QED) is 0.555. The molecule has 0 aromatic rings. The summed E-state index contributed by atoms with van der Waals surface area (Å²) >= 11 is 0. The summed E-state index contributed by atoms with van der Waals surface area (Å²) in [6.07, 6.45) is 0.780. The van der Waals surface area contributed by atoms with Crippen molar-refractivity contribution in [1.82, 2.24) is 5.32 Å². The Hall–Kier alpha value is -0.610. The summed E-state index contributed by atoms with van der Waals surface area (Å²) in [6, 6.07) is -0.297. The largest absolute Gasteiger partial charge is 0.375 e. The van der Waals surface area contributed by atoms with E-state index < -0.39 is 0 Å². The van der Waals surface area contributed by atoms with E-state index in [4.69, 9.17) is 10.5 Å². The van der Waals surface area contributed by atoms with E-state index in [0.29, 0.717) is 13.2 Å². The maximum absolute atomic E-state index is 10.8. The SMILES string of the molecule is CCC1OCCNC1C(N)=O. The third kappa shape index (κ3) is 1.91. The van der Waals surface area contributed by atoms with Gasteiger partial charge in [-0.3, -0.25) is 4.79 Å². The van der Waals surface area contributed by atoms with Crippen LogP contribution in [-0.2, 0) is 9.53 Å². The highest BCUT2D eigenvalue weighted by Crippen LogP contribution is 2.07. The second kappa shape index (κ2) is 3.69. The number of carbonyl (C=O) groups excluding carboxylic acids is 1. The Morgan fingerprint density at radius 1 is 1.82 bits per heavy atom. The lowest BCUT2D eigenvalue weighted by Crippen LogP contribution is -2.54. The third-order valence-corrected chi connectivity index (χ3v) is 1.88. The number of hydrogen-bond acceptors (Lipinski definition) is 3. The van der Waals surface area contributed by atoms with Crippen LogP contribution in [0.2, 0.25) is 0 Å². The Morgan fingerprint density at radius 2 is 2.55 bits per heavy atom. The lowest BCUT2D eigenvalue weighted by molar-refractivity contribution is -0.126. The van der Waals surface area contributed by atoms with Crippen molar-refractivity contribution in [2.24, 2.45) is 5.73 Å². The first-order valence-electron chi connectivity index (χ1n) is 3.90. The summed E-state index contributed by atoms with van der Waals surface area (Å²) < 4.78 is 5.34. The minimum atomic E-state index is -0.323. The van der Waals surface area contributed by atoms with Crippen molar-refractivity contribution in [3.63, 3.8) is 0 Å². The molecule has 1 aliphatic rings. The highest BCUT2D eigenvalue weighted by Gasteiger charge is 2.28. The Bertz CT molecular complexity index is 149. The van der Waals surface area contributed by atoms with E-state index in [-0.39, 0.29) is 18.1 Å². The molecule has 1 heterocycles. The first kappa shape index (κ1) is 8.49. The van der Waals surface area contributed by atoms with Gasteiger partial charge in [0.2, 0.25) is 5.91 Å². The van der Waals surface area contributed by atoms with Gasteiger partial charge in [0.1, 0.15) is 6.04 Å². The molecule has 0 radical (unpaired) electrons. The molecule has 64 valence electrons. The number of carbonyl (C=O) groups is 1. The minimum absolute atomic E-state index is 0.0405. The first-order chi connectivity index (χ1) is 5.25. The minimum Gasteiger partial charge on any atom is -0.375 e. The molecular weight excluding hydrogens is 144 g/mol. The van der Waals surface area contributed by atoms with E-state index in [1.54, 1.807) is 0 Å². The highest BCUT2D eigenvalue weighted by atomic mass is 16.5. The van der Waals surface area contributed by atoms with Crippen molar-refractivity contribution in [1.29, 1.82) is 0 Å². The summed E-state index contributed by atoms with van der Waals surface area (Å²) in [6.45, 7) is 3.36. The molecule has 3 N–H and O–H groups in total. The van der Waals surface area contributed by atoms with Crippen LogP contribution in [0.1, 0.15) is 13.3 Å². The number of rotatable bonds is 2. The molecule has 1 rings (SSSR count). The molecule has 2 atom stereocenters. The molecule has 4 nitrogen and oxygen atoms in total. The second-order valence-corrected chi connectivity index (χ2v) is 2.65. The van der Waals surface area contributed by atoms with Gasteiger partial charge in [0.05, 0.1) is 12.7 Å². The third-order valence-electron chi connectivity index (χ3n) is 1.88. The summed E-state index contributed by atoms with van der Waals surface area (Å²) in [7, 11) is 0. The van der Waals surface area contributed by atoms with Crippen molar-refractivity contribution < 1.29 is 9.53 Å². The molecular formula is C7H14N2O2. The maximum atomic E-state index is 10.8. The fourth-order valence-corrected chi connectivity index (χ4v) is 1.29. The lowest BCUT2D eigenvalue weighted by Gasteiger charge is -2.29. The van der Waals surface area contributed by atoms with Crippen molar-refractivity contribution in [3.8, 4) is 0 Å². The maximum Gasteiger partial charge on any atom is 0.237 e. The summed E-state index contributed by atoms with van der Waals surface area (Å²) in [5, 5.41) is 3.02.